The Morgan fingerprint density at radius 2 is 1.68 bits per heavy atom. The number of sulfonamides is 1. The number of hydrogen-bond acceptors (Lipinski definition) is 3. The Balaban J connectivity index is 1.47. The molecule has 1 N–H and O–H groups in total. The van der Waals surface area contributed by atoms with Crippen LogP contribution in [0.5, 0.6) is 0 Å². The summed E-state index contributed by atoms with van der Waals surface area (Å²) >= 11 is 0. The van der Waals surface area contributed by atoms with Gasteiger partial charge >= 0.3 is 0 Å². The summed E-state index contributed by atoms with van der Waals surface area (Å²) in [7, 11) is -3.48. The van der Waals surface area contributed by atoms with Gasteiger partial charge in [-0.05, 0) is 91.6 Å². The number of nitrogens with zero attached hydrogens (tertiary/aromatic N) is 1. The molecule has 0 spiro atoms. The molecule has 0 aliphatic heterocycles. The van der Waals surface area contributed by atoms with E-state index in [2.05, 4.69) is 23.5 Å². The summed E-state index contributed by atoms with van der Waals surface area (Å²) in [5.74, 6) is -0.144. The number of fused-ring (bicyclic) bond motifs is 1. The summed E-state index contributed by atoms with van der Waals surface area (Å²) in [4.78, 5) is 12.8. The lowest BCUT2D eigenvalue weighted by Crippen LogP contribution is -2.30. The van der Waals surface area contributed by atoms with Crippen molar-refractivity contribution in [3.8, 4) is 0 Å². The molecule has 3 aromatic rings. The van der Waals surface area contributed by atoms with E-state index >= 15 is 0 Å². The number of anilines is 1. The molecule has 0 aromatic heterocycles. The highest BCUT2D eigenvalue weighted by Crippen LogP contribution is 2.27. The quantitative estimate of drug-likeness (QED) is 0.507. The molecule has 6 heteroatoms. The van der Waals surface area contributed by atoms with E-state index in [1.54, 1.807) is 12.1 Å². The van der Waals surface area contributed by atoms with Crippen LogP contribution >= 0.6 is 0 Å². The zero-order valence-corrected chi connectivity index (χ0v) is 21.1. The van der Waals surface area contributed by atoms with Gasteiger partial charge < -0.3 is 5.32 Å². The van der Waals surface area contributed by atoms with Crippen molar-refractivity contribution in [3.05, 3.63) is 99.6 Å². The van der Waals surface area contributed by atoms with Crippen LogP contribution in [0.25, 0.3) is 0 Å². The van der Waals surface area contributed by atoms with Crippen molar-refractivity contribution in [2.75, 3.05) is 10.6 Å². The third-order valence-electron chi connectivity index (χ3n) is 6.55. The van der Waals surface area contributed by atoms with Crippen LogP contribution in [-0.2, 0) is 29.4 Å². The number of aryl methyl sites for hydroxylation is 4. The van der Waals surface area contributed by atoms with Crippen LogP contribution in [-0.4, -0.2) is 20.6 Å². The minimum Gasteiger partial charge on any atom is -0.346 e. The molecule has 34 heavy (non-hydrogen) atoms. The van der Waals surface area contributed by atoms with Gasteiger partial charge in [-0.2, -0.15) is 0 Å². The van der Waals surface area contributed by atoms with E-state index in [1.807, 2.05) is 51.1 Å². The summed E-state index contributed by atoms with van der Waals surface area (Å²) in [5.41, 5.74) is 7.86. The highest BCUT2D eigenvalue weighted by Gasteiger charge is 2.20. The second kappa shape index (κ2) is 9.63. The monoisotopic (exact) mass is 476 g/mol. The molecule has 1 amide bonds. The Morgan fingerprint density at radius 1 is 0.971 bits per heavy atom. The van der Waals surface area contributed by atoms with Crippen molar-refractivity contribution in [2.45, 2.75) is 52.6 Å². The molecule has 1 aliphatic rings. The molecule has 0 bridgehead atoms. The maximum atomic E-state index is 12.8. The van der Waals surface area contributed by atoms with E-state index in [-0.39, 0.29) is 18.5 Å². The van der Waals surface area contributed by atoms with Gasteiger partial charge in [0.05, 0.1) is 24.5 Å². The number of hydrogen-bond donors (Lipinski definition) is 1. The zero-order chi connectivity index (χ0) is 24.5. The minimum atomic E-state index is -3.48. The summed E-state index contributed by atoms with van der Waals surface area (Å²) in [6.45, 7) is 6.05. The first-order valence-corrected chi connectivity index (χ1v) is 13.5. The summed E-state index contributed by atoms with van der Waals surface area (Å²) < 4.78 is 26.5. The molecule has 4 rings (SSSR count). The fourth-order valence-corrected chi connectivity index (χ4v) is 5.46. The molecule has 0 radical (unpaired) electrons. The van der Waals surface area contributed by atoms with E-state index in [1.165, 1.54) is 28.1 Å². The fourth-order valence-electron chi connectivity index (χ4n) is 4.52. The predicted molar refractivity (Wildman–Crippen MR) is 138 cm³/mol. The smallest absolute Gasteiger partial charge is 0.251 e. The van der Waals surface area contributed by atoms with Gasteiger partial charge in [0.15, 0.2) is 0 Å². The molecule has 0 saturated carbocycles. The molecule has 1 atom stereocenters. The number of nitrogens with one attached hydrogen (secondary N) is 1. The van der Waals surface area contributed by atoms with Gasteiger partial charge in [0.1, 0.15) is 0 Å². The third-order valence-corrected chi connectivity index (χ3v) is 7.67. The average Bonchev–Trinajstić information content (AvgIpc) is 3.27. The van der Waals surface area contributed by atoms with Crippen molar-refractivity contribution in [1.82, 2.24) is 5.32 Å². The van der Waals surface area contributed by atoms with Crippen LogP contribution in [0.4, 0.5) is 5.69 Å². The van der Waals surface area contributed by atoms with Crippen LogP contribution < -0.4 is 9.62 Å². The molecular weight excluding hydrogens is 444 g/mol. The Bertz CT molecular complexity index is 1310. The van der Waals surface area contributed by atoms with E-state index in [0.29, 0.717) is 11.3 Å². The molecule has 0 heterocycles. The number of amides is 1. The number of carbonyl (C=O) groups excluding carboxylic acids is 1. The lowest BCUT2D eigenvalue weighted by atomic mass is 10.0. The van der Waals surface area contributed by atoms with Gasteiger partial charge in [0.25, 0.3) is 5.91 Å². The fraction of sp³-hybridized carbons (Fsp3) is 0.321. The van der Waals surface area contributed by atoms with Gasteiger partial charge in [-0.1, -0.05) is 42.5 Å². The molecule has 5 nitrogen and oxygen atoms in total. The average molecular weight is 477 g/mol. The van der Waals surface area contributed by atoms with Crippen molar-refractivity contribution in [2.24, 2.45) is 0 Å². The standard InChI is InChI=1S/C28H32N2O3S/c1-19-8-9-20(2)27(16-19)30(34(4,32)33)18-22-10-12-24(13-11-22)28(31)29-21(3)25-15-14-23-6-5-7-26(23)17-25/h8-17,21H,5-7,18H2,1-4H3,(H,29,31)/t21-/m0/s1. The maximum absolute atomic E-state index is 12.8. The molecule has 0 unspecified atom stereocenters. The van der Waals surface area contributed by atoms with Gasteiger partial charge in [-0.15, -0.1) is 0 Å². The maximum Gasteiger partial charge on any atom is 0.251 e. The molecule has 0 saturated heterocycles. The van der Waals surface area contributed by atoms with Crippen LogP contribution in [0.2, 0.25) is 0 Å². The van der Waals surface area contributed by atoms with Gasteiger partial charge in [-0.25, -0.2) is 8.42 Å². The number of rotatable bonds is 7. The van der Waals surface area contributed by atoms with Crippen LogP contribution in [0.3, 0.4) is 0 Å². The third kappa shape index (κ3) is 5.33. The highest BCUT2D eigenvalue weighted by molar-refractivity contribution is 7.92. The van der Waals surface area contributed by atoms with Crippen molar-refractivity contribution in [1.29, 1.82) is 0 Å². The summed E-state index contributed by atoms with van der Waals surface area (Å²) in [6.07, 6.45) is 4.67. The molecule has 1 aliphatic carbocycles. The normalized spacial score (nSPS) is 13.9. The van der Waals surface area contributed by atoms with E-state index < -0.39 is 10.0 Å². The van der Waals surface area contributed by atoms with Gasteiger partial charge in [0.2, 0.25) is 10.0 Å². The van der Waals surface area contributed by atoms with Gasteiger partial charge in [0, 0.05) is 5.56 Å². The zero-order valence-electron chi connectivity index (χ0n) is 20.3. The Hall–Kier alpha value is -3.12. The van der Waals surface area contributed by atoms with E-state index in [0.717, 1.165) is 35.1 Å². The highest BCUT2D eigenvalue weighted by atomic mass is 32.2. The number of carbonyl (C=O) groups is 1. The molecular formula is C28H32N2O3S. The van der Waals surface area contributed by atoms with Crippen LogP contribution in [0.1, 0.15) is 63.1 Å². The van der Waals surface area contributed by atoms with Crippen molar-refractivity contribution < 1.29 is 13.2 Å². The van der Waals surface area contributed by atoms with Crippen molar-refractivity contribution >= 4 is 21.6 Å². The van der Waals surface area contributed by atoms with E-state index in [9.17, 15) is 13.2 Å². The topological polar surface area (TPSA) is 66.5 Å². The second-order valence-corrected chi connectivity index (χ2v) is 11.2. The van der Waals surface area contributed by atoms with Crippen LogP contribution in [0.15, 0.2) is 60.7 Å². The molecule has 3 aromatic carbocycles. The van der Waals surface area contributed by atoms with E-state index in [4.69, 9.17) is 0 Å². The first kappa shape index (κ1) is 24.0. The summed E-state index contributed by atoms with van der Waals surface area (Å²) in [6, 6.07) is 19.3. The van der Waals surface area contributed by atoms with Crippen LogP contribution in [0, 0.1) is 13.8 Å². The minimum absolute atomic E-state index is 0.0944. The lowest BCUT2D eigenvalue weighted by molar-refractivity contribution is 0.0940. The van der Waals surface area contributed by atoms with Crippen molar-refractivity contribution in [3.63, 3.8) is 0 Å². The Morgan fingerprint density at radius 3 is 2.38 bits per heavy atom. The Kier molecular flexibility index (Phi) is 6.80. The first-order chi connectivity index (χ1) is 16.1. The Labute approximate surface area is 202 Å². The summed E-state index contributed by atoms with van der Waals surface area (Å²) in [5, 5.41) is 3.08. The second-order valence-electron chi connectivity index (χ2n) is 9.33. The molecule has 0 fully saturated rings. The SMILES string of the molecule is Cc1ccc(C)c(N(Cc2ccc(C(=O)N[C@@H](C)c3ccc4c(c3)CCC4)cc2)S(C)(=O)=O)c1. The predicted octanol–water partition coefficient (Wildman–Crippen LogP) is 5.25. The molecule has 178 valence electrons. The van der Waals surface area contributed by atoms with Gasteiger partial charge in [-0.3, -0.25) is 9.10 Å². The first-order valence-electron chi connectivity index (χ1n) is 11.7. The lowest BCUT2D eigenvalue weighted by Gasteiger charge is -2.25. The number of benzene rings is 3. The largest absolute Gasteiger partial charge is 0.346 e.